The van der Waals surface area contributed by atoms with E-state index in [0.29, 0.717) is 6.42 Å². The second-order valence-corrected chi connectivity index (χ2v) is 7.02. The molecule has 1 unspecified atom stereocenters. The molecular weight excluding hydrogens is 379 g/mol. The molecule has 0 aliphatic carbocycles. The van der Waals surface area contributed by atoms with Gasteiger partial charge >= 0.3 is 18.2 Å². The van der Waals surface area contributed by atoms with Gasteiger partial charge in [-0.1, -0.05) is 35.0 Å². The molecule has 2 aliphatic rings. The zero-order valence-electron chi connectivity index (χ0n) is 15.1. The number of likely N-dealkylation sites (tertiary alicyclic amines) is 1. The van der Waals surface area contributed by atoms with E-state index in [2.05, 4.69) is 10.5 Å². The highest BCUT2D eigenvalue weighted by Gasteiger charge is 2.53. The van der Waals surface area contributed by atoms with E-state index in [1.165, 1.54) is 0 Å². The minimum atomic E-state index is -4.68. The summed E-state index contributed by atoms with van der Waals surface area (Å²) in [4.78, 5) is 29.4. The number of hydrogen-bond donors (Lipinski definition) is 2. The lowest BCUT2D eigenvalue weighted by molar-refractivity contribution is -0.187. The van der Waals surface area contributed by atoms with E-state index in [0.717, 1.165) is 21.7 Å². The molecule has 2 N–H and O–H groups in total. The van der Waals surface area contributed by atoms with Crippen molar-refractivity contribution in [1.82, 2.24) is 10.2 Å². The predicted octanol–water partition coefficient (Wildman–Crippen LogP) is 2.39. The number of nitrogens with one attached hydrogen (secondary N) is 1. The van der Waals surface area contributed by atoms with Gasteiger partial charge in [-0.3, -0.25) is 4.79 Å². The van der Waals surface area contributed by atoms with Gasteiger partial charge in [-0.05, 0) is 12.5 Å². The Kier molecular flexibility index (Phi) is 5.48. The Morgan fingerprint density at radius 1 is 1.29 bits per heavy atom. The fourth-order valence-electron chi connectivity index (χ4n) is 3.32. The zero-order chi connectivity index (χ0) is 20.5. The summed E-state index contributed by atoms with van der Waals surface area (Å²) in [5.74, 6) is -5.30. The van der Waals surface area contributed by atoms with Gasteiger partial charge in [0.05, 0.1) is 24.1 Å². The van der Waals surface area contributed by atoms with E-state index in [1.54, 1.807) is 0 Å². The van der Waals surface area contributed by atoms with Crippen molar-refractivity contribution in [3.05, 3.63) is 35.4 Å². The number of nitrogens with zero attached hydrogens (tertiary/aromatic N) is 2. The molecule has 152 valence electrons. The fraction of sp³-hybridized carbons (Fsp3) is 0.500. The summed E-state index contributed by atoms with van der Waals surface area (Å²) in [7, 11) is 0. The Morgan fingerprint density at radius 3 is 2.54 bits per heavy atom. The van der Waals surface area contributed by atoms with Gasteiger partial charge in [0.2, 0.25) is 0 Å². The lowest BCUT2D eigenvalue weighted by atomic mass is 9.96. The van der Waals surface area contributed by atoms with Crippen LogP contribution in [0.25, 0.3) is 0 Å². The van der Waals surface area contributed by atoms with E-state index in [-0.39, 0.29) is 6.54 Å². The summed E-state index contributed by atoms with van der Waals surface area (Å²) in [6.07, 6.45) is -4.66. The molecule has 28 heavy (non-hydrogen) atoms. The van der Waals surface area contributed by atoms with E-state index in [1.807, 2.05) is 31.2 Å². The molecule has 2 aliphatic heterocycles. The molecular formula is C18H20F3N3O4. The highest BCUT2D eigenvalue weighted by Crippen LogP contribution is 2.37. The molecule has 2 heterocycles. The van der Waals surface area contributed by atoms with Gasteiger partial charge in [-0.15, -0.1) is 0 Å². The molecule has 0 radical (unpaired) electrons. The highest BCUT2D eigenvalue weighted by atomic mass is 19.4. The minimum absolute atomic E-state index is 0.0582. The third-order valence-electron chi connectivity index (χ3n) is 4.94. The number of carboxylic acids is 1. The minimum Gasteiger partial charge on any atom is -0.481 e. The van der Waals surface area contributed by atoms with Crippen molar-refractivity contribution in [2.75, 3.05) is 19.6 Å². The third kappa shape index (κ3) is 4.37. The fourth-order valence-corrected chi connectivity index (χ4v) is 3.32. The summed E-state index contributed by atoms with van der Waals surface area (Å²) in [5, 5.41) is 15.5. The molecule has 3 rings (SSSR count). The van der Waals surface area contributed by atoms with Crippen molar-refractivity contribution in [3.8, 4) is 0 Å². The third-order valence-corrected chi connectivity index (χ3v) is 4.94. The number of alkyl halides is 3. The number of hydrogen-bond acceptors (Lipinski definition) is 4. The summed E-state index contributed by atoms with van der Waals surface area (Å²) in [6, 6.07) is 6.95. The quantitative estimate of drug-likeness (QED) is 0.813. The molecule has 0 saturated carbocycles. The first-order valence-corrected chi connectivity index (χ1v) is 8.77. The van der Waals surface area contributed by atoms with Crippen molar-refractivity contribution in [2.45, 2.75) is 25.6 Å². The Hall–Kier alpha value is -2.78. The monoisotopic (exact) mass is 399 g/mol. The average Bonchev–Trinajstić information content (AvgIpc) is 3.27. The second kappa shape index (κ2) is 7.69. The lowest BCUT2D eigenvalue weighted by Crippen LogP contribution is -2.42. The number of amides is 2. The SMILES string of the molecule is Cc1ccc(C2=NOC(CNC(=O)N3C[C@@H](C(F)(F)F)[C@H](C(=O)O)C3)C2)cc1. The smallest absolute Gasteiger partial charge is 0.394 e. The van der Waals surface area contributed by atoms with Gasteiger partial charge in [0.25, 0.3) is 0 Å². The number of urea groups is 1. The van der Waals surface area contributed by atoms with Crippen molar-refractivity contribution in [2.24, 2.45) is 17.0 Å². The number of aliphatic carboxylic acids is 1. The average molecular weight is 399 g/mol. The van der Waals surface area contributed by atoms with Gasteiger partial charge in [0.15, 0.2) is 6.10 Å². The second-order valence-electron chi connectivity index (χ2n) is 7.02. The first-order chi connectivity index (χ1) is 13.1. The molecule has 3 atom stereocenters. The van der Waals surface area contributed by atoms with E-state index >= 15 is 0 Å². The Balaban J connectivity index is 1.51. The largest absolute Gasteiger partial charge is 0.481 e. The summed E-state index contributed by atoms with van der Waals surface area (Å²) >= 11 is 0. The van der Waals surface area contributed by atoms with Crippen LogP contribution in [0.5, 0.6) is 0 Å². The first-order valence-electron chi connectivity index (χ1n) is 8.77. The van der Waals surface area contributed by atoms with E-state index in [9.17, 15) is 22.8 Å². The number of rotatable bonds is 4. The van der Waals surface area contributed by atoms with Crippen LogP contribution < -0.4 is 5.32 Å². The van der Waals surface area contributed by atoms with Crippen LogP contribution in [0.15, 0.2) is 29.4 Å². The highest BCUT2D eigenvalue weighted by molar-refractivity contribution is 6.01. The number of halogens is 3. The van der Waals surface area contributed by atoms with Crippen LogP contribution in [-0.4, -0.2) is 59.6 Å². The van der Waals surface area contributed by atoms with Crippen LogP contribution in [0.2, 0.25) is 0 Å². The molecule has 1 aromatic rings. The van der Waals surface area contributed by atoms with Gasteiger partial charge in [-0.25, -0.2) is 4.79 Å². The molecule has 10 heteroatoms. The number of carbonyl (C=O) groups is 2. The standard InChI is InChI=1S/C18H20F3N3O4/c1-10-2-4-11(5-3-10)15-6-12(28-23-15)7-22-17(27)24-8-13(16(25)26)14(9-24)18(19,20)21/h2-5,12-14H,6-9H2,1H3,(H,22,27)(H,25,26)/t12?,13-,14-/m1/s1. The van der Waals surface area contributed by atoms with Gasteiger partial charge < -0.3 is 20.2 Å². The number of oxime groups is 1. The maximum absolute atomic E-state index is 13.0. The molecule has 7 nitrogen and oxygen atoms in total. The number of benzene rings is 1. The Morgan fingerprint density at radius 2 is 1.96 bits per heavy atom. The number of carboxylic acid groups (broad SMARTS) is 1. The molecule has 0 aromatic heterocycles. The topological polar surface area (TPSA) is 91.2 Å². The maximum Gasteiger partial charge on any atom is 0.394 e. The van der Waals surface area contributed by atoms with Gasteiger partial charge in [-0.2, -0.15) is 13.2 Å². The van der Waals surface area contributed by atoms with E-state index in [4.69, 9.17) is 9.94 Å². The van der Waals surface area contributed by atoms with Gasteiger partial charge in [0.1, 0.15) is 0 Å². The van der Waals surface area contributed by atoms with Crippen LogP contribution >= 0.6 is 0 Å². The van der Waals surface area contributed by atoms with Crippen molar-refractivity contribution in [1.29, 1.82) is 0 Å². The van der Waals surface area contributed by atoms with Crippen LogP contribution in [0, 0.1) is 18.8 Å². The van der Waals surface area contributed by atoms with Crippen LogP contribution in [0.3, 0.4) is 0 Å². The van der Waals surface area contributed by atoms with Gasteiger partial charge in [0, 0.05) is 19.5 Å². The Labute approximate surface area is 159 Å². The van der Waals surface area contributed by atoms with Crippen molar-refractivity contribution >= 4 is 17.7 Å². The van der Waals surface area contributed by atoms with Crippen LogP contribution in [0.1, 0.15) is 17.5 Å². The van der Waals surface area contributed by atoms with E-state index < -0.39 is 49.2 Å². The Bertz CT molecular complexity index is 779. The number of aryl methyl sites for hydroxylation is 1. The molecule has 1 fully saturated rings. The van der Waals surface area contributed by atoms with Crippen molar-refractivity contribution in [3.63, 3.8) is 0 Å². The number of carbonyl (C=O) groups excluding carboxylic acids is 1. The first kappa shape index (κ1) is 20.0. The molecule has 1 aromatic carbocycles. The summed E-state index contributed by atoms with van der Waals surface area (Å²) in [5.41, 5.74) is 2.73. The molecule has 0 bridgehead atoms. The zero-order valence-corrected chi connectivity index (χ0v) is 15.1. The maximum atomic E-state index is 13.0. The summed E-state index contributed by atoms with van der Waals surface area (Å²) in [6.45, 7) is 0.860. The molecule has 2 amide bonds. The van der Waals surface area contributed by atoms with Crippen molar-refractivity contribution < 1.29 is 32.7 Å². The predicted molar refractivity (Wildman–Crippen MR) is 92.8 cm³/mol. The normalized spacial score (nSPS) is 24.6. The molecule has 0 spiro atoms. The molecule has 1 saturated heterocycles. The van der Waals surface area contributed by atoms with Crippen LogP contribution in [0.4, 0.5) is 18.0 Å². The van der Waals surface area contributed by atoms with Crippen LogP contribution in [-0.2, 0) is 9.63 Å². The summed E-state index contributed by atoms with van der Waals surface area (Å²) < 4.78 is 39.0. The lowest BCUT2D eigenvalue weighted by Gasteiger charge is -2.19.